The minimum absolute atomic E-state index is 0.310. The van der Waals surface area contributed by atoms with Crippen molar-refractivity contribution >= 4 is 0 Å². The van der Waals surface area contributed by atoms with Crippen molar-refractivity contribution in [2.24, 2.45) is 11.8 Å². The first-order valence-electron chi connectivity index (χ1n) is 5.93. The summed E-state index contributed by atoms with van der Waals surface area (Å²) in [6.45, 7) is 1.19. The van der Waals surface area contributed by atoms with Gasteiger partial charge in [-0.1, -0.05) is 12.8 Å². The molecule has 2 fully saturated rings. The van der Waals surface area contributed by atoms with Crippen LogP contribution in [0.25, 0.3) is 0 Å². The third kappa shape index (κ3) is 1.79. The molecule has 0 radical (unpaired) electrons. The predicted octanol–water partition coefficient (Wildman–Crippen LogP) is 2.41. The normalized spacial score (nSPS) is 31.9. The van der Waals surface area contributed by atoms with Gasteiger partial charge in [0.2, 0.25) is 0 Å². The van der Waals surface area contributed by atoms with Gasteiger partial charge in [0.25, 0.3) is 0 Å². The van der Waals surface area contributed by atoms with Crippen LogP contribution in [0, 0.1) is 23.2 Å². The molecule has 2 aliphatic rings. The van der Waals surface area contributed by atoms with Gasteiger partial charge in [-0.05, 0) is 45.2 Å². The molecule has 78 valence electrons. The van der Waals surface area contributed by atoms with E-state index in [9.17, 15) is 5.26 Å². The average molecular weight is 192 g/mol. The van der Waals surface area contributed by atoms with Gasteiger partial charge >= 0.3 is 0 Å². The van der Waals surface area contributed by atoms with Crippen LogP contribution in [0.5, 0.6) is 0 Å². The molecular formula is C12H20N2. The Balaban J connectivity index is 2.01. The third-order valence-corrected chi connectivity index (χ3v) is 4.05. The minimum atomic E-state index is 0.310. The van der Waals surface area contributed by atoms with Gasteiger partial charge < -0.3 is 4.90 Å². The zero-order chi connectivity index (χ0) is 9.97. The first kappa shape index (κ1) is 9.98. The number of likely N-dealkylation sites (tertiary alicyclic amines) is 1. The standard InChI is InChI=1S/C12H20N2/c1-14-8-4-7-12(14)11(9-13)10-5-2-3-6-10/h10-12H,2-8H2,1H3. The molecule has 0 aromatic heterocycles. The first-order chi connectivity index (χ1) is 6.83. The molecule has 2 unspecified atom stereocenters. The fraction of sp³-hybridized carbons (Fsp3) is 0.917. The third-order valence-electron chi connectivity index (χ3n) is 4.05. The van der Waals surface area contributed by atoms with E-state index in [0.29, 0.717) is 17.9 Å². The highest BCUT2D eigenvalue weighted by molar-refractivity contribution is 4.99. The highest BCUT2D eigenvalue weighted by atomic mass is 15.1. The van der Waals surface area contributed by atoms with Crippen molar-refractivity contribution in [3.8, 4) is 6.07 Å². The Labute approximate surface area is 86.9 Å². The number of nitrogens with zero attached hydrogens (tertiary/aromatic N) is 2. The van der Waals surface area contributed by atoms with Gasteiger partial charge in [0.1, 0.15) is 0 Å². The topological polar surface area (TPSA) is 27.0 Å². The molecule has 1 heterocycles. The fourth-order valence-electron chi connectivity index (χ4n) is 3.21. The van der Waals surface area contributed by atoms with Crippen LogP contribution in [0.2, 0.25) is 0 Å². The van der Waals surface area contributed by atoms with E-state index in [-0.39, 0.29) is 0 Å². The molecule has 0 aromatic carbocycles. The van der Waals surface area contributed by atoms with Gasteiger partial charge in [0.05, 0.1) is 12.0 Å². The van der Waals surface area contributed by atoms with Crippen LogP contribution in [0.4, 0.5) is 0 Å². The van der Waals surface area contributed by atoms with Crippen molar-refractivity contribution in [1.82, 2.24) is 4.90 Å². The predicted molar refractivity (Wildman–Crippen MR) is 56.7 cm³/mol. The molecule has 0 spiro atoms. The summed E-state index contributed by atoms with van der Waals surface area (Å²) in [4.78, 5) is 2.40. The van der Waals surface area contributed by atoms with Crippen molar-refractivity contribution in [1.29, 1.82) is 5.26 Å². The maximum Gasteiger partial charge on any atom is 0.0675 e. The number of rotatable bonds is 2. The van der Waals surface area contributed by atoms with E-state index < -0.39 is 0 Å². The summed E-state index contributed by atoms with van der Waals surface area (Å²) in [6.07, 6.45) is 7.81. The summed E-state index contributed by atoms with van der Waals surface area (Å²) in [7, 11) is 2.18. The van der Waals surface area contributed by atoms with Crippen LogP contribution >= 0.6 is 0 Å². The molecule has 1 aliphatic heterocycles. The summed E-state index contributed by atoms with van der Waals surface area (Å²) in [5, 5.41) is 9.29. The molecule has 0 N–H and O–H groups in total. The number of nitriles is 1. The van der Waals surface area contributed by atoms with Gasteiger partial charge in [0, 0.05) is 6.04 Å². The van der Waals surface area contributed by atoms with E-state index in [1.54, 1.807) is 0 Å². The number of hydrogen-bond donors (Lipinski definition) is 0. The van der Waals surface area contributed by atoms with Gasteiger partial charge in [-0.3, -0.25) is 0 Å². The Kier molecular flexibility index (Phi) is 3.08. The molecular weight excluding hydrogens is 172 g/mol. The molecule has 2 heteroatoms. The quantitative estimate of drug-likeness (QED) is 0.672. The smallest absolute Gasteiger partial charge is 0.0675 e. The molecule has 14 heavy (non-hydrogen) atoms. The van der Waals surface area contributed by atoms with Crippen molar-refractivity contribution in [3.63, 3.8) is 0 Å². The number of hydrogen-bond acceptors (Lipinski definition) is 2. The fourth-order valence-corrected chi connectivity index (χ4v) is 3.21. The zero-order valence-electron chi connectivity index (χ0n) is 9.08. The van der Waals surface area contributed by atoms with Crippen LogP contribution in [0.1, 0.15) is 38.5 Å². The van der Waals surface area contributed by atoms with Crippen molar-refractivity contribution in [3.05, 3.63) is 0 Å². The van der Waals surface area contributed by atoms with Crippen LogP contribution in [-0.4, -0.2) is 24.5 Å². The van der Waals surface area contributed by atoms with Crippen molar-refractivity contribution < 1.29 is 0 Å². The summed E-state index contributed by atoms with van der Waals surface area (Å²) in [5.74, 6) is 1.01. The second-order valence-electron chi connectivity index (χ2n) is 4.89. The molecule has 1 saturated heterocycles. The maximum absolute atomic E-state index is 9.29. The Morgan fingerprint density at radius 2 is 1.93 bits per heavy atom. The van der Waals surface area contributed by atoms with Gasteiger partial charge in [-0.25, -0.2) is 0 Å². The van der Waals surface area contributed by atoms with Gasteiger partial charge in [0.15, 0.2) is 0 Å². The highest BCUT2D eigenvalue weighted by Crippen LogP contribution is 2.36. The highest BCUT2D eigenvalue weighted by Gasteiger charge is 2.35. The average Bonchev–Trinajstić information content (AvgIpc) is 2.80. The molecule has 1 saturated carbocycles. The van der Waals surface area contributed by atoms with E-state index in [2.05, 4.69) is 18.0 Å². The summed E-state index contributed by atoms with van der Waals surface area (Å²) < 4.78 is 0. The molecule has 2 atom stereocenters. The van der Waals surface area contributed by atoms with Crippen molar-refractivity contribution in [2.45, 2.75) is 44.6 Å². The maximum atomic E-state index is 9.29. The lowest BCUT2D eigenvalue weighted by Crippen LogP contribution is -2.35. The molecule has 2 nitrogen and oxygen atoms in total. The van der Waals surface area contributed by atoms with Crippen LogP contribution in [-0.2, 0) is 0 Å². The molecule has 1 aliphatic carbocycles. The van der Waals surface area contributed by atoms with Crippen LogP contribution < -0.4 is 0 Å². The largest absolute Gasteiger partial charge is 0.302 e. The lowest BCUT2D eigenvalue weighted by molar-refractivity contribution is 0.211. The van der Waals surface area contributed by atoms with Crippen molar-refractivity contribution in [2.75, 3.05) is 13.6 Å². The summed E-state index contributed by atoms with van der Waals surface area (Å²) in [5.41, 5.74) is 0. The first-order valence-corrected chi connectivity index (χ1v) is 5.93. The molecule has 0 aromatic rings. The van der Waals surface area contributed by atoms with E-state index in [0.717, 1.165) is 0 Å². The van der Waals surface area contributed by atoms with Crippen LogP contribution in [0.15, 0.2) is 0 Å². The molecule has 0 bridgehead atoms. The van der Waals surface area contributed by atoms with Gasteiger partial charge in [-0.15, -0.1) is 0 Å². The Bertz CT molecular complexity index is 225. The second kappa shape index (κ2) is 4.31. The van der Waals surface area contributed by atoms with Gasteiger partial charge in [-0.2, -0.15) is 5.26 Å². The minimum Gasteiger partial charge on any atom is -0.302 e. The zero-order valence-corrected chi connectivity index (χ0v) is 9.08. The Morgan fingerprint density at radius 1 is 1.21 bits per heavy atom. The summed E-state index contributed by atoms with van der Waals surface area (Å²) in [6, 6.07) is 3.13. The van der Waals surface area contributed by atoms with E-state index in [1.165, 1.54) is 45.1 Å². The van der Waals surface area contributed by atoms with E-state index >= 15 is 0 Å². The SMILES string of the molecule is CN1CCCC1C(C#N)C1CCCC1. The van der Waals surface area contributed by atoms with E-state index in [4.69, 9.17) is 0 Å². The second-order valence-corrected chi connectivity index (χ2v) is 4.89. The Morgan fingerprint density at radius 3 is 2.43 bits per heavy atom. The lowest BCUT2D eigenvalue weighted by atomic mass is 9.85. The molecule has 2 rings (SSSR count). The molecule has 0 amide bonds. The lowest BCUT2D eigenvalue weighted by Gasteiger charge is -2.28. The summed E-state index contributed by atoms with van der Waals surface area (Å²) >= 11 is 0. The van der Waals surface area contributed by atoms with Crippen LogP contribution in [0.3, 0.4) is 0 Å². The van der Waals surface area contributed by atoms with E-state index in [1.807, 2.05) is 0 Å². The Hall–Kier alpha value is -0.550. The monoisotopic (exact) mass is 192 g/mol.